The number of benzene rings is 1. The first kappa shape index (κ1) is 12.9. The van der Waals surface area contributed by atoms with Crippen molar-refractivity contribution in [3.63, 3.8) is 0 Å². The van der Waals surface area contributed by atoms with Crippen LogP contribution < -0.4 is 0 Å². The lowest BCUT2D eigenvalue weighted by molar-refractivity contribution is 0.768. The number of pyridine rings is 1. The fraction of sp³-hybridized carbons (Fsp3) is 0.294. The van der Waals surface area contributed by atoms with Gasteiger partial charge in [0, 0.05) is 30.4 Å². The van der Waals surface area contributed by atoms with Crippen molar-refractivity contribution in [2.24, 2.45) is 7.05 Å². The third kappa shape index (κ3) is 2.09. The molecule has 0 aliphatic rings. The van der Waals surface area contributed by atoms with Crippen molar-refractivity contribution in [2.75, 3.05) is 0 Å². The largest absolute Gasteiger partial charge is 0.275 e. The summed E-state index contributed by atoms with van der Waals surface area (Å²) in [5, 5.41) is 6.71. The lowest BCUT2D eigenvalue weighted by Crippen LogP contribution is -1.95. The summed E-state index contributed by atoms with van der Waals surface area (Å²) in [6, 6.07) is 6.53. The Hall–Kier alpha value is -2.16. The molecule has 0 spiro atoms. The predicted molar refractivity (Wildman–Crippen MR) is 82.8 cm³/mol. The highest BCUT2D eigenvalue weighted by Crippen LogP contribution is 2.30. The summed E-state index contributed by atoms with van der Waals surface area (Å²) in [6.07, 6.45) is 5.84. The highest BCUT2D eigenvalue weighted by Gasteiger charge is 2.10. The number of aryl methyl sites for hydroxylation is 2. The average Bonchev–Trinajstić information content (AvgIpc) is 2.84. The summed E-state index contributed by atoms with van der Waals surface area (Å²) in [6.45, 7) is 6.64. The molecule has 3 nitrogen and oxygen atoms in total. The van der Waals surface area contributed by atoms with Crippen LogP contribution in [0.1, 0.15) is 30.9 Å². The Morgan fingerprint density at radius 3 is 2.60 bits per heavy atom. The Kier molecular flexibility index (Phi) is 3.05. The summed E-state index contributed by atoms with van der Waals surface area (Å²) in [4.78, 5) is 4.62. The van der Waals surface area contributed by atoms with Crippen molar-refractivity contribution in [3.05, 3.63) is 47.9 Å². The molecule has 102 valence electrons. The van der Waals surface area contributed by atoms with Gasteiger partial charge in [-0.15, -0.1) is 0 Å². The van der Waals surface area contributed by atoms with Crippen molar-refractivity contribution >= 4 is 10.8 Å². The summed E-state index contributed by atoms with van der Waals surface area (Å²) in [5.74, 6) is 0.504. The van der Waals surface area contributed by atoms with E-state index >= 15 is 0 Å². The molecule has 0 bridgehead atoms. The normalized spacial score (nSPS) is 11.4. The van der Waals surface area contributed by atoms with Gasteiger partial charge in [0.15, 0.2) is 0 Å². The van der Waals surface area contributed by atoms with Crippen LogP contribution in [0.2, 0.25) is 0 Å². The molecule has 1 aromatic carbocycles. The molecule has 0 fully saturated rings. The Morgan fingerprint density at radius 2 is 1.95 bits per heavy atom. The quantitative estimate of drug-likeness (QED) is 0.699. The lowest BCUT2D eigenvalue weighted by atomic mass is 9.92. The second-order valence-corrected chi connectivity index (χ2v) is 5.64. The third-order valence-corrected chi connectivity index (χ3v) is 3.74. The third-order valence-electron chi connectivity index (χ3n) is 3.74. The van der Waals surface area contributed by atoms with Crippen LogP contribution in [0.25, 0.3) is 22.0 Å². The molecule has 3 aromatic rings. The number of rotatable bonds is 2. The SMILES string of the molecule is Cc1ccc2cc(-c3cnn(C)c3)ncc2c1C(C)C. The molecule has 0 aliphatic heterocycles. The van der Waals surface area contributed by atoms with E-state index < -0.39 is 0 Å². The number of hydrogen-bond donors (Lipinski definition) is 0. The highest BCUT2D eigenvalue weighted by molar-refractivity contribution is 5.89. The first-order valence-electron chi connectivity index (χ1n) is 6.94. The van der Waals surface area contributed by atoms with Gasteiger partial charge in [-0.3, -0.25) is 9.67 Å². The van der Waals surface area contributed by atoms with Crippen molar-refractivity contribution in [1.82, 2.24) is 14.8 Å². The molecule has 0 saturated carbocycles. The van der Waals surface area contributed by atoms with E-state index in [-0.39, 0.29) is 0 Å². The maximum atomic E-state index is 4.62. The fourth-order valence-corrected chi connectivity index (χ4v) is 2.83. The highest BCUT2D eigenvalue weighted by atomic mass is 15.2. The van der Waals surface area contributed by atoms with E-state index in [1.165, 1.54) is 21.9 Å². The van der Waals surface area contributed by atoms with Crippen LogP contribution in [0.5, 0.6) is 0 Å². The average molecular weight is 265 g/mol. The van der Waals surface area contributed by atoms with E-state index in [1.807, 2.05) is 25.6 Å². The first-order chi connectivity index (χ1) is 9.56. The van der Waals surface area contributed by atoms with Crippen LogP contribution in [0.15, 0.2) is 36.8 Å². The summed E-state index contributed by atoms with van der Waals surface area (Å²) >= 11 is 0. The van der Waals surface area contributed by atoms with E-state index in [9.17, 15) is 0 Å². The zero-order chi connectivity index (χ0) is 14.3. The predicted octanol–water partition coefficient (Wildman–Crippen LogP) is 4.07. The van der Waals surface area contributed by atoms with Gasteiger partial charge in [0.05, 0.1) is 11.9 Å². The van der Waals surface area contributed by atoms with Crippen LogP contribution in [0.4, 0.5) is 0 Å². The Morgan fingerprint density at radius 1 is 1.15 bits per heavy atom. The maximum Gasteiger partial charge on any atom is 0.0739 e. The second kappa shape index (κ2) is 4.75. The van der Waals surface area contributed by atoms with Crippen LogP contribution in [0, 0.1) is 6.92 Å². The lowest BCUT2D eigenvalue weighted by Gasteiger charge is -2.13. The van der Waals surface area contributed by atoms with Gasteiger partial charge in [-0.25, -0.2) is 0 Å². The van der Waals surface area contributed by atoms with Gasteiger partial charge in [0.1, 0.15) is 0 Å². The summed E-state index contributed by atoms with van der Waals surface area (Å²) in [7, 11) is 1.92. The van der Waals surface area contributed by atoms with Crippen LogP contribution in [0.3, 0.4) is 0 Å². The van der Waals surface area contributed by atoms with Crippen molar-refractivity contribution in [1.29, 1.82) is 0 Å². The van der Waals surface area contributed by atoms with Gasteiger partial charge in [-0.1, -0.05) is 26.0 Å². The molecule has 0 atom stereocenters. The fourth-order valence-electron chi connectivity index (χ4n) is 2.83. The summed E-state index contributed by atoms with van der Waals surface area (Å²) < 4.78 is 1.80. The van der Waals surface area contributed by atoms with E-state index in [0.29, 0.717) is 5.92 Å². The van der Waals surface area contributed by atoms with Crippen LogP contribution >= 0.6 is 0 Å². The Bertz CT molecular complexity index is 769. The number of nitrogens with zero attached hydrogens (tertiary/aromatic N) is 3. The van der Waals surface area contributed by atoms with Gasteiger partial charge in [-0.2, -0.15) is 5.10 Å². The minimum atomic E-state index is 0.504. The molecule has 2 aromatic heterocycles. The smallest absolute Gasteiger partial charge is 0.0739 e. The molecule has 0 aliphatic carbocycles. The minimum Gasteiger partial charge on any atom is -0.275 e. The molecular weight excluding hydrogens is 246 g/mol. The number of fused-ring (bicyclic) bond motifs is 1. The molecule has 0 amide bonds. The molecule has 0 N–H and O–H groups in total. The molecule has 2 heterocycles. The van der Waals surface area contributed by atoms with Crippen molar-refractivity contribution in [3.8, 4) is 11.3 Å². The van der Waals surface area contributed by atoms with E-state index in [4.69, 9.17) is 0 Å². The summed E-state index contributed by atoms with van der Waals surface area (Å²) in [5.41, 5.74) is 4.77. The first-order valence-corrected chi connectivity index (χ1v) is 6.94. The van der Waals surface area contributed by atoms with Gasteiger partial charge < -0.3 is 0 Å². The Balaban J connectivity index is 2.20. The van der Waals surface area contributed by atoms with Crippen LogP contribution in [-0.4, -0.2) is 14.8 Å². The standard InChI is InChI=1S/C17H19N3/c1-11(2)17-12(3)5-6-13-7-16(18-9-15(13)17)14-8-19-20(4)10-14/h5-11H,1-4H3. The molecular formula is C17H19N3. The molecule has 3 rings (SSSR count). The van der Waals surface area contributed by atoms with Gasteiger partial charge >= 0.3 is 0 Å². The van der Waals surface area contributed by atoms with Gasteiger partial charge in [0.25, 0.3) is 0 Å². The molecule has 0 saturated heterocycles. The zero-order valence-electron chi connectivity index (χ0n) is 12.4. The molecule has 0 radical (unpaired) electrons. The molecule has 0 unspecified atom stereocenters. The monoisotopic (exact) mass is 265 g/mol. The number of aromatic nitrogens is 3. The van der Waals surface area contributed by atoms with Crippen molar-refractivity contribution in [2.45, 2.75) is 26.7 Å². The second-order valence-electron chi connectivity index (χ2n) is 5.64. The molecule has 3 heteroatoms. The maximum absolute atomic E-state index is 4.62. The number of hydrogen-bond acceptors (Lipinski definition) is 2. The van der Waals surface area contributed by atoms with E-state index in [2.05, 4.69) is 49.1 Å². The minimum absolute atomic E-state index is 0.504. The Labute approximate surface area is 119 Å². The van der Waals surface area contributed by atoms with Gasteiger partial charge in [0.2, 0.25) is 0 Å². The molecule has 20 heavy (non-hydrogen) atoms. The van der Waals surface area contributed by atoms with E-state index in [0.717, 1.165) is 11.3 Å². The van der Waals surface area contributed by atoms with Crippen molar-refractivity contribution < 1.29 is 0 Å². The van der Waals surface area contributed by atoms with E-state index in [1.54, 1.807) is 4.68 Å². The topological polar surface area (TPSA) is 30.7 Å². The van der Waals surface area contributed by atoms with Crippen LogP contribution in [-0.2, 0) is 7.05 Å². The zero-order valence-corrected chi connectivity index (χ0v) is 12.4. The van der Waals surface area contributed by atoms with Gasteiger partial charge in [-0.05, 0) is 35.4 Å².